The van der Waals surface area contributed by atoms with Gasteiger partial charge in [-0.2, -0.15) is 127 Å². The molecule has 0 aliphatic carbocycles. The summed E-state index contributed by atoms with van der Waals surface area (Å²) in [6.45, 7) is 2.94. The summed E-state index contributed by atoms with van der Waals surface area (Å²) in [5, 5.41) is 1.21. The molecular weight excluding hydrogens is 1040 g/mol. The Bertz CT molecular complexity index is 2440. The van der Waals surface area contributed by atoms with E-state index < -0.39 is 195 Å². The van der Waals surface area contributed by atoms with Gasteiger partial charge in [0.2, 0.25) is 6.20 Å². The van der Waals surface area contributed by atoms with Crippen molar-refractivity contribution in [3.05, 3.63) is 160 Å². The smallest absolute Gasteiger partial charge is 0.271 e. The van der Waals surface area contributed by atoms with Crippen LogP contribution in [0, 0.1) is 0 Å². The van der Waals surface area contributed by atoms with Crippen molar-refractivity contribution in [3.63, 3.8) is 0 Å². The third kappa shape index (κ3) is 12.8. The minimum Gasteiger partial charge on any atom is -0.271 e. The van der Waals surface area contributed by atoms with Gasteiger partial charge in [0.05, 0.1) is 49.9 Å². The van der Waals surface area contributed by atoms with Gasteiger partial charge in [0.15, 0.2) is 6.61 Å². The Kier molecular flexibility index (Phi) is 15.4. The number of halogens is 24. The largest absolute Gasteiger partial charge is 0.416 e. The lowest BCUT2D eigenvalue weighted by Crippen LogP contribution is -2.75. The van der Waals surface area contributed by atoms with E-state index in [9.17, 15) is 105 Å². The third-order valence-corrected chi connectivity index (χ3v) is 10.8. The molecule has 0 bridgehead atoms. The number of hydrogen-bond donors (Lipinski definition) is 0. The average molecular weight is 1070 g/mol. The summed E-state index contributed by atoms with van der Waals surface area (Å²) in [4.78, 5) is 5.68. The van der Waals surface area contributed by atoms with E-state index in [0.717, 1.165) is 25.0 Å². The lowest BCUT2D eigenvalue weighted by Gasteiger charge is -2.46. The Labute approximate surface area is 389 Å². The highest BCUT2D eigenvalue weighted by Crippen LogP contribution is 2.41. The maximum absolute atomic E-state index is 14.2. The van der Waals surface area contributed by atoms with Crippen LogP contribution in [0.25, 0.3) is 10.9 Å². The van der Waals surface area contributed by atoms with Gasteiger partial charge in [0.25, 0.3) is 5.52 Å². The van der Waals surface area contributed by atoms with Crippen molar-refractivity contribution in [2.75, 3.05) is 6.61 Å². The van der Waals surface area contributed by atoms with E-state index in [1.807, 2.05) is 29.1 Å². The molecule has 1 aromatic heterocycles. The molecule has 0 saturated carbocycles. The van der Waals surface area contributed by atoms with Crippen molar-refractivity contribution < 1.29 is 115 Å². The zero-order chi connectivity index (χ0) is 54.4. The number of rotatable bonds is 8. The van der Waals surface area contributed by atoms with Crippen molar-refractivity contribution in [1.29, 1.82) is 0 Å². The van der Waals surface area contributed by atoms with E-state index in [2.05, 4.69) is 25.1 Å². The molecule has 0 aliphatic heterocycles. The molecule has 0 radical (unpaired) electrons. The van der Waals surface area contributed by atoms with Crippen LogP contribution in [-0.2, 0) is 49.4 Å². The van der Waals surface area contributed by atoms with Gasteiger partial charge in [-0.3, -0.25) is 4.84 Å². The van der Waals surface area contributed by atoms with Crippen LogP contribution in [0.5, 0.6) is 0 Å². The Balaban J connectivity index is 0.000000542. The number of benzene rings is 5. The first-order chi connectivity index (χ1) is 32.7. The van der Waals surface area contributed by atoms with Crippen LogP contribution < -0.4 is 31.4 Å². The van der Waals surface area contributed by atoms with Crippen LogP contribution in [-0.4, -0.2) is 12.8 Å². The molecule has 0 spiro atoms. The highest BCUT2D eigenvalue weighted by Gasteiger charge is 2.47. The van der Waals surface area contributed by atoms with Gasteiger partial charge in [0.1, 0.15) is 6.15 Å². The normalized spacial score (nSPS) is 13.5. The molecule has 6 rings (SSSR count). The highest BCUT2D eigenvalue weighted by molar-refractivity contribution is 7.20. The Morgan fingerprint density at radius 3 is 0.861 bits per heavy atom. The molecule has 5 aromatic carbocycles. The second-order valence-corrected chi connectivity index (χ2v) is 15.8. The minimum atomic E-state index is -6.13. The molecule has 0 fully saturated rings. The molecule has 0 saturated heterocycles. The van der Waals surface area contributed by atoms with Crippen molar-refractivity contribution in [3.8, 4) is 0 Å². The maximum Gasteiger partial charge on any atom is 0.416 e. The van der Waals surface area contributed by atoms with E-state index >= 15 is 0 Å². The Morgan fingerprint density at radius 2 is 0.611 bits per heavy atom. The van der Waals surface area contributed by atoms with E-state index in [1.54, 1.807) is 0 Å². The summed E-state index contributed by atoms with van der Waals surface area (Å²) in [6, 6.07) is 3.52. The summed E-state index contributed by atoms with van der Waals surface area (Å²) in [5.74, 6) is 0. The van der Waals surface area contributed by atoms with E-state index in [0.29, 0.717) is 0 Å². The lowest BCUT2D eigenvalue weighted by molar-refractivity contribution is -0.871. The van der Waals surface area contributed by atoms with Gasteiger partial charge in [-0.05, 0) is 42.8 Å². The fraction of sp³-hybridized carbons (Fsp3) is 0.267. The molecule has 6 aromatic rings. The van der Waals surface area contributed by atoms with E-state index in [1.165, 1.54) is 5.39 Å². The number of fused-ring (bicyclic) bond motifs is 1. The fourth-order valence-corrected chi connectivity index (χ4v) is 7.62. The van der Waals surface area contributed by atoms with Crippen molar-refractivity contribution >= 4 is 38.9 Å². The van der Waals surface area contributed by atoms with Crippen LogP contribution in [0.2, 0.25) is 0 Å². The van der Waals surface area contributed by atoms with Crippen LogP contribution in [0.15, 0.2) is 115 Å². The molecule has 0 aliphatic rings. The molecule has 0 amide bonds. The first-order valence-corrected chi connectivity index (χ1v) is 20.1. The van der Waals surface area contributed by atoms with Crippen LogP contribution >= 0.6 is 0 Å². The first-order valence-electron chi connectivity index (χ1n) is 20.1. The Hall–Kier alpha value is -6.31. The van der Waals surface area contributed by atoms with Crippen LogP contribution in [0.4, 0.5) is 105 Å². The quantitative estimate of drug-likeness (QED) is 0.0641. The molecular formula is C45H28BF24NO. The summed E-state index contributed by atoms with van der Waals surface area (Å²) in [7, 11) is 0. The second kappa shape index (κ2) is 19.6. The predicted octanol–water partition coefficient (Wildman–Crippen LogP) is 13.6. The van der Waals surface area contributed by atoms with E-state index in [-0.39, 0.29) is 0 Å². The van der Waals surface area contributed by atoms with Gasteiger partial charge in [-0.25, -0.2) is 0 Å². The van der Waals surface area contributed by atoms with Crippen molar-refractivity contribution in [1.82, 2.24) is 0 Å². The highest BCUT2D eigenvalue weighted by atomic mass is 19.4. The molecule has 27 heteroatoms. The van der Waals surface area contributed by atoms with Gasteiger partial charge >= 0.3 is 49.4 Å². The second-order valence-electron chi connectivity index (χ2n) is 15.8. The Morgan fingerprint density at radius 1 is 0.361 bits per heavy atom. The maximum atomic E-state index is 14.2. The monoisotopic (exact) mass is 1070 g/mol. The molecule has 390 valence electrons. The standard InChI is InChI=1S/C32H12BF24.C13H16NO/c34-25(35,36)13-1-14(26(37,38)39)6-21(5-13)33(22-7-15(27(40,41)42)2-16(8-22)28(43,44)45,23-9-17(29(46,47)48)3-18(10-23)30(49,50)51)24-11-19(31(52,53)54)4-20(12-24)32(55,56)57;1-2-3-11-15-14-10-6-8-12-7-4-5-9-13(12)14/h1-12H;4-10H,2-3,11H2,1H3/q-1;+1. The average Bonchev–Trinajstić information content (AvgIpc) is 3.24. The van der Waals surface area contributed by atoms with Gasteiger partial charge in [-0.15, -0.1) is 0 Å². The zero-order valence-corrected chi connectivity index (χ0v) is 35.6. The lowest BCUT2D eigenvalue weighted by atomic mass is 9.12. The van der Waals surface area contributed by atoms with Gasteiger partial charge in [-0.1, -0.05) is 74.0 Å². The molecule has 1 heterocycles. The van der Waals surface area contributed by atoms with Gasteiger partial charge in [0, 0.05) is 16.9 Å². The van der Waals surface area contributed by atoms with Crippen molar-refractivity contribution in [2.45, 2.75) is 69.2 Å². The molecule has 0 N–H and O–H groups in total. The molecule has 2 nitrogen and oxygen atoms in total. The number of hydrogen-bond acceptors (Lipinski definition) is 1. The topological polar surface area (TPSA) is 13.1 Å². The number of alkyl halides is 24. The number of para-hydroxylation sites is 1. The van der Waals surface area contributed by atoms with E-state index in [4.69, 9.17) is 4.84 Å². The minimum absolute atomic E-state index is 0.691. The number of pyridine rings is 1. The number of aromatic nitrogens is 1. The summed E-state index contributed by atoms with van der Waals surface area (Å²) >= 11 is 0. The first kappa shape index (κ1) is 56.6. The molecule has 0 atom stereocenters. The number of unbranched alkanes of at least 4 members (excludes halogenated alkanes) is 1. The summed E-state index contributed by atoms with van der Waals surface area (Å²) in [5.41, 5.74) is -29.1. The van der Waals surface area contributed by atoms with Crippen LogP contribution in [0.3, 0.4) is 0 Å². The molecule has 0 unspecified atom stereocenters. The summed E-state index contributed by atoms with van der Waals surface area (Å²) in [6.07, 6.45) is -50.6. The van der Waals surface area contributed by atoms with Crippen molar-refractivity contribution in [2.24, 2.45) is 0 Å². The SMILES string of the molecule is CCCCO[n+]1cccc2ccccc21.FC(F)(F)c1cc([B-](c2cc(C(F)(F)F)cc(C(F)(F)F)c2)(c2cc(C(F)(F)F)cc(C(F)(F)F)c2)c2cc(C(F)(F)F)cc(C(F)(F)F)c2)cc(C(F)(F)F)c1. The molecule has 72 heavy (non-hydrogen) atoms. The number of nitrogens with zero attached hydrogens (tertiary/aromatic N) is 1. The fourth-order valence-electron chi connectivity index (χ4n) is 7.62. The van der Waals surface area contributed by atoms with Crippen LogP contribution in [0.1, 0.15) is 64.3 Å². The predicted molar refractivity (Wildman–Crippen MR) is 211 cm³/mol. The zero-order valence-electron chi connectivity index (χ0n) is 35.6. The summed E-state index contributed by atoms with van der Waals surface area (Å²) < 4.78 is 343. The third-order valence-electron chi connectivity index (χ3n) is 10.8. The van der Waals surface area contributed by atoms with Gasteiger partial charge < -0.3 is 0 Å².